The first-order valence-corrected chi connectivity index (χ1v) is 8.79. The van der Waals surface area contributed by atoms with E-state index in [0.717, 1.165) is 25.0 Å². The van der Waals surface area contributed by atoms with E-state index < -0.39 is 0 Å². The number of rotatable bonds is 2. The molecule has 0 amide bonds. The molecule has 0 bridgehead atoms. The number of carbonyl (C=O) groups excluding carboxylic acids is 1. The number of aryl methyl sites for hydroxylation is 2. The number of benzene rings is 2. The van der Waals surface area contributed by atoms with Gasteiger partial charge in [-0.25, -0.2) is 0 Å². The number of Topliss-reactive ketones (excluding diaryl/α,β-unsaturated/α-hetero) is 1. The second-order valence-electron chi connectivity index (χ2n) is 7.01. The van der Waals surface area contributed by atoms with Crippen LogP contribution in [-0.4, -0.2) is 12.3 Å². The summed E-state index contributed by atoms with van der Waals surface area (Å²) in [7, 11) is 0. The Labute approximate surface area is 143 Å². The summed E-state index contributed by atoms with van der Waals surface area (Å²) in [6, 6.07) is 15.4. The minimum absolute atomic E-state index is 0.0612. The van der Waals surface area contributed by atoms with Crippen molar-refractivity contribution < 1.29 is 4.79 Å². The molecule has 2 aromatic rings. The fraction of sp³-hybridized carbons (Fsp3) is 0.318. The molecule has 4 rings (SSSR count). The molecule has 0 spiro atoms. The van der Waals surface area contributed by atoms with Crippen molar-refractivity contribution in [2.24, 2.45) is 0 Å². The van der Waals surface area contributed by atoms with E-state index in [1.54, 1.807) is 0 Å². The van der Waals surface area contributed by atoms with Crippen LogP contribution in [0.4, 0.5) is 5.69 Å². The first-order valence-electron chi connectivity index (χ1n) is 8.79. The van der Waals surface area contributed by atoms with Crippen molar-refractivity contribution in [1.82, 2.24) is 0 Å². The highest BCUT2D eigenvalue weighted by atomic mass is 16.1. The van der Waals surface area contributed by atoms with Crippen LogP contribution in [0, 0.1) is 13.8 Å². The van der Waals surface area contributed by atoms with E-state index >= 15 is 0 Å². The Bertz CT molecular complexity index is 813. The van der Waals surface area contributed by atoms with Gasteiger partial charge in [-0.1, -0.05) is 36.4 Å². The van der Waals surface area contributed by atoms with Crippen LogP contribution in [0.1, 0.15) is 41.1 Å². The predicted octanol–water partition coefficient (Wildman–Crippen LogP) is 4.70. The number of allylic oxidation sites excluding steroid dienone is 1. The van der Waals surface area contributed by atoms with Crippen LogP contribution in [0.3, 0.4) is 0 Å². The number of fused-ring (bicyclic) bond motifs is 1. The molecule has 2 heteroatoms. The van der Waals surface area contributed by atoms with E-state index in [0.29, 0.717) is 12.2 Å². The summed E-state index contributed by atoms with van der Waals surface area (Å²) < 4.78 is 0. The van der Waals surface area contributed by atoms with E-state index in [-0.39, 0.29) is 6.04 Å². The van der Waals surface area contributed by atoms with Crippen LogP contribution < -0.4 is 4.90 Å². The number of nitrogens with zero attached hydrogens (tertiary/aromatic N) is 1. The Kier molecular flexibility index (Phi) is 3.76. The lowest BCUT2D eigenvalue weighted by molar-refractivity contribution is -0.115. The van der Waals surface area contributed by atoms with Crippen molar-refractivity contribution >= 4 is 11.5 Å². The van der Waals surface area contributed by atoms with Gasteiger partial charge in [0.2, 0.25) is 0 Å². The molecule has 1 atom stereocenters. The SMILES string of the molecule is Cc1cc(C)cc(N2CCc3ccccc3[C@H]2C2=CCCC2=O)c1. The molecular weight excluding hydrogens is 294 g/mol. The summed E-state index contributed by atoms with van der Waals surface area (Å²) >= 11 is 0. The lowest BCUT2D eigenvalue weighted by Gasteiger charge is -2.40. The van der Waals surface area contributed by atoms with Gasteiger partial charge in [-0.3, -0.25) is 4.79 Å². The molecular formula is C22H23NO. The van der Waals surface area contributed by atoms with Crippen LogP contribution in [0.5, 0.6) is 0 Å². The molecule has 1 aliphatic heterocycles. The number of carbonyl (C=O) groups is 1. The van der Waals surface area contributed by atoms with Crippen LogP contribution >= 0.6 is 0 Å². The molecule has 0 aromatic heterocycles. The largest absolute Gasteiger partial charge is 0.360 e. The van der Waals surface area contributed by atoms with Crippen molar-refractivity contribution in [2.75, 3.05) is 11.4 Å². The van der Waals surface area contributed by atoms with E-state index in [1.807, 2.05) is 0 Å². The molecule has 2 aromatic carbocycles. The Balaban J connectivity index is 1.85. The van der Waals surface area contributed by atoms with Gasteiger partial charge in [0.15, 0.2) is 5.78 Å². The Morgan fingerprint density at radius 3 is 2.46 bits per heavy atom. The third-order valence-electron chi connectivity index (χ3n) is 5.17. The Morgan fingerprint density at radius 1 is 1.00 bits per heavy atom. The van der Waals surface area contributed by atoms with Gasteiger partial charge in [0.25, 0.3) is 0 Å². The molecule has 0 unspecified atom stereocenters. The van der Waals surface area contributed by atoms with Crippen molar-refractivity contribution in [2.45, 2.75) is 39.2 Å². The van der Waals surface area contributed by atoms with Gasteiger partial charge in [-0.15, -0.1) is 0 Å². The van der Waals surface area contributed by atoms with Crippen LogP contribution in [0.25, 0.3) is 0 Å². The number of ketones is 1. The lowest BCUT2D eigenvalue weighted by Crippen LogP contribution is -2.37. The topological polar surface area (TPSA) is 20.3 Å². The quantitative estimate of drug-likeness (QED) is 0.800. The van der Waals surface area contributed by atoms with E-state index in [2.05, 4.69) is 67.3 Å². The van der Waals surface area contributed by atoms with E-state index in [1.165, 1.54) is 27.9 Å². The fourth-order valence-corrected chi connectivity index (χ4v) is 4.18. The summed E-state index contributed by atoms with van der Waals surface area (Å²) in [5.41, 5.74) is 7.44. The van der Waals surface area contributed by atoms with Crippen LogP contribution in [0.15, 0.2) is 54.1 Å². The summed E-state index contributed by atoms with van der Waals surface area (Å²) in [5, 5.41) is 0. The normalized spacial score (nSPS) is 20.1. The summed E-state index contributed by atoms with van der Waals surface area (Å²) in [6.45, 7) is 5.24. The van der Waals surface area contributed by atoms with Gasteiger partial charge in [0.1, 0.15) is 0 Å². The zero-order valence-corrected chi connectivity index (χ0v) is 14.4. The van der Waals surface area contributed by atoms with Gasteiger partial charge in [0.05, 0.1) is 6.04 Å². The average Bonchev–Trinajstić information content (AvgIpc) is 2.98. The molecule has 1 aliphatic carbocycles. The molecule has 0 saturated carbocycles. The fourth-order valence-electron chi connectivity index (χ4n) is 4.18. The highest BCUT2D eigenvalue weighted by Gasteiger charge is 2.34. The molecule has 24 heavy (non-hydrogen) atoms. The monoisotopic (exact) mass is 317 g/mol. The van der Waals surface area contributed by atoms with Gasteiger partial charge >= 0.3 is 0 Å². The summed E-state index contributed by atoms with van der Waals surface area (Å²) in [5.74, 6) is 0.311. The summed E-state index contributed by atoms with van der Waals surface area (Å²) in [4.78, 5) is 14.9. The zero-order chi connectivity index (χ0) is 16.7. The molecule has 2 aliphatic rings. The van der Waals surface area contributed by atoms with Crippen molar-refractivity contribution in [3.05, 3.63) is 76.4 Å². The zero-order valence-electron chi connectivity index (χ0n) is 14.4. The molecule has 122 valence electrons. The molecule has 0 radical (unpaired) electrons. The van der Waals surface area contributed by atoms with Gasteiger partial charge in [-0.05, 0) is 61.1 Å². The maximum absolute atomic E-state index is 12.5. The molecule has 1 heterocycles. The molecule has 0 saturated heterocycles. The highest BCUT2D eigenvalue weighted by Crippen LogP contribution is 2.41. The first-order chi connectivity index (χ1) is 11.6. The second-order valence-corrected chi connectivity index (χ2v) is 7.01. The maximum Gasteiger partial charge on any atom is 0.161 e. The first kappa shape index (κ1) is 15.2. The predicted molar refractivity (Wildman–Crippen MR) is 98.5 cm³/mol. The van der Waals surface area contributed by atoms with Crippen LogP contribution in [0.2, 0.25) is 0 Å². The third-order valence-corrected chi connectivity index (χ3v) is 5.17. The Hall–Kier alpha value is -2.35. The standard InChI is InChI=1S/C22H23NO/c1-15-12-16(2)14-18(13-15)23-11-10-17-6-3-4-7-19(17)22(23)20-8-5-9-21(20)24/h3-4,6-8,12-14,22H,5,9-11H2,1-2H3/t22-/m0/s1. The third kappa shape index (κ3) is 2.56. The average molecular weight is 317 g/mol. The van der Waals surface area contributed by atoms with Gasteiger partial charge < -0.3 is 4.90 Å². The highest BCUT2D eigenvalue weighted by molar-refractivity contribution is 5.99. The Morgan fingerprint density at radius 2 is 1.75 bits per heavy atom. The number of hydrogen-bond donors (Lipinski definition) is 0. The van der Waals surface area contributed by atoms with Crippen molar-refractivity contribution in [1.29, 1.82) is 0 Å². The molecule has 0 fully saturated rings. The van der Waals surface area contributed by atoms with E-state index in [4.69, 9.17) is 0 Å². The lowest BCUT2D eigenvalue weighted by atomic mass is 9.86. The van der Waals surface area contributed by atoms with Gasteiger partial charge in [0, 0.05) is 24.2 Å². The maximum atomic E-state index is 12.5. The van der Waals surface area contributed by atoms with Crippen molar-refractivity contribution in [3.8, 4) is 0 Å². The molecule has 0 N–H and O–H groups in total. The second kappa shape index (κ2) is 5.94. The van der Waals surface area contributed by atoms with Crippen molar-refractivity contribution in [3.63, 3.8) is 0 Å². The van der Waals surface area contributed by atoms with Gasteiger partial charge in [-0.2, -0.15) is 0 Å². The number of hydrogen-bond acceptors (Lipinski definition) is 2. The van der Waals surface area contributed by atoms with E-state index in [9.17, 15) is 4.79 Å². The minimum atomic E-state index is 0.0612. The minimum Gasteiger partial charge on any atom is -0.360 e. The van der Waals surface area contributed by atoms with Crippen LogP contribution in [-0.2, 0) is 11.2 Å². The smallest absolute Gasteiger partial charge is 0.161 e. The number of anilines is 1. The summed E-state index contributed by atoms with van der Waals surface area (Å²) in [6.07, 6.45) is 4.73. The molecule has 2 nitrogen and oxygen atoms in total.